The molecule has 0 radical (unpaired) electrons. The molecule has 32 heavy (non-hydrogen) atoms. The standard InChI is InChI=1S/C22H28ClN3O5S/c1-4-20(26(32(3,29)30)17-10-7-9-16(23)15-17)22(28)25-19-12-6-5-11-18(19)21(27)24-13-8-14-31-2/h5-7,9-12,15,20H,4,8,13-14H2,1-3H3,(H,24,27)(H,25,28). The lowest BCUT2D eigenvalue weighted by atomic mass is 10.1. The number of hydrogen-bond donors (Lipinski definition) is 2. The van der Waals surface area contributed by atoms with Gasteiger partial charge in [0.25, 0.3) is 5.91 Å². The third kappa shape index (κ3) is 6.94. The first-order chi connectivity index (χ1) is 15.2. The van der Waals surface area contributed by atoms with Gasteiger partial charge < -0.3 is 15.4 Å². The van der Waals surface area contributed by atoms with E-state index in [1.54, 1.807) is 56.5 Å². The van der Waals surface area contributed by atoms with E-state index in [2.05, 4.69) is 10.6 Å². The fourth-order valence-corrected chi connectivity index (χ4v) is 4.58. The normalized spacial score (nSPS) is 12.1. The molecule has 2 rings (SSSR count). The minimum absolute atomic E-state index is 0.205. The summed E-state index contributed by atoms with van der Waals surface area (Å²) >= 11 is 6.04. The summed E-state index contributed by atoms with van der Waals surface area (Å²) in [5.41, 5.74) is 0.854. The first-order valence-corrected chi connectivity index (χ1v) is 12.3. The van der Waals surface area contributed by atoms with Gasteiger partial charge in [0, 0.05) is 25.3 Å². The van der Waals surface area contributed by atoms with E-state index < -0.39 is 22.0 Å². The molecule has 0 aromatic heterocycles. The Kier molecular flexibility index (Phi) is 9.49. The summed E-state index contributed by atoms with van der Waals surface area (Å²) < 4.78 is 31.2. The number of methoxy groups -OCH3 is 1. The smallest absolute Gasteiger partial charge is 0.253 e. The zero-order valence-corrected chi connectivity index (χ0v) is 19.9. The number of carbonyl (C=O) groups excluding carboxylic acids is 2. The van der Waals surface area contributed by atoms with Crippen LogP contribution in [0.4, 0.5) is 11.4 Å². The van der Waals surface area contributed by atoms with Gasteiger partial charge in [-0.3, -0.25) is 13.9 Å². The van der Waals surface area contributed by atoms with Crippen LogP contribution in [0, 0.1) is 0 Å². The molecule has 1 unspecified atom stereocenters. The Morgan fingerprint density at radius 3 is 2.50 bits per heavy atom. The largest absolute Gasteiger partial charge is 0.385 e. The number of amides is 2. The van der Waals surface area contributed by atoms with Gasteiger partial charge in [-0.1, -0.05) is 36.7 Å². The summed E-state index contributed by atoms with van der Waals surface area (Å²) in [6.07, 6.45) is 1.89. The van der Waals surface area contributed by atoms with Gasteiger partial charge in [0.2, 0.25) is 15.9 Å². The number of para-hydroxylation sites is 1. The van der Waals surface area contributed by atoms with Crippen molar-refractivity contribution in [2.75, 3.05) is 36.1 Å². The number of anilines is 2. The second-order valence-electron chi connectivity index (χ2n) is 7.10. The maximum Gasteiger partial charge on any atom is 0.253 e. The summed E-state index contributed by atoms with van der Waals surface area (Å²) in [6.45, 7) is 2.65. The molecule has 0 saturated heterocycles. The van der Waals surface area contributed by atoms with Crippen molar-refractivity contribution in [1.29, 1.82) is 0 Å². The van der Waals surface area contributed by atoms with E-state index in [4.69, 9.17) is 16.3 Å². The average molecular weight is 482 g/mol. The Morgan fingerprint density at radius 2 is 1.88 bits per heavy atom. The molecule has 0 spiro atoms. The second kappa shape index (κ2) is 11.8. The van der Waals surface area contributed by atoms with E-state index in [1.807, 2.05) is 0 Å². The number of rotatable bonds is 11. The minimum Gasteiger partial charge on any atom is -0.385 e. The summed E-state index contributed by atoms with van der Waals surface area (Å²) in [7, 11) is -2.22. The van der Waals surface area contributed by atoms with Gasteiger partial charge in [-0.2, -0.15) is 0 Å². The van der Waals surface area contributed by atoms with Crippen LogP contribution in [0.25, 0.3) is 0 Å². The van der Waals surface area contributed by atoms with E-state index >= 15 is 0 Å². The summed E-state index contributed by atoms with van der Waals surface area (Å²) in [6, 6.07) is 11.8. The Labute approximate surface area is 193 Å². The van der Waals surface area contributed by atoms with Crippen LogP contribution in [-0.2, 0) is 19.6 Å². The highest BCUT2D eigenvalue weighted by atomic mass is 35.5. The molecule has 2 amide bonds. The molecule has 174 valence electrons. The van der Waals surface area contributed by atoms with Crippen molar-refractivity contribution >= 4 is 44.8 Å². The zero-order valence-electron chi connectivity index (χ0n) is 18.3. The first kappa shape index (κ1) is 25.6. The van der Waals surface area contributed by atoms with E-state index in [9.17, 15) is 18.0 Å². The molecular weight excluding hydrogens is 454 g/mol. The molecule has 2 N–H and O–H groups in total. The highest BCUT2D eigenvalue weighted by molar-refractivity contribution is 7.92. The van der Waals surface area contributed by atoms with Gasteiger partial charge in [-0.15, -0.1) is 0 Å². The molecule has 0 aliphatic heterocycles. The summed E-state index contributed by atoms with van der Waals surface area (Å²) in [5.74, 6) is -0.905. The van der Waals surface area contributed by atoms with Crippen molar-refractivity contribution in [3.63, 3.8) is 0 Å². The van der Waals surface area contributed by atoms with Crippen molar-refractivity contribution in [2.24, 2.45) is 0 Å². The number of carbonyl (C=O) groups is 2. The zero-order chi connectivity index (χ0) is 23.7. The van der Waals surface area contributed by atoms with Crippen molar-refractivity contribution in [3.8, 4) is 0 Å². The Bertz CT molecular complexity index is 1050. The van der Waals surface area contributed by atoms with Crippen molar-refractivity contribution in [1.82, 2.24) is 5.32 Å². The molecule has 1 atom stereocenters. The molecule has 0 bridgehead atoms. The maximum atomic E-state index is 13.2. The van der Waals surface area contributed by atoms with Crippen molar-refractivity contribution in [2.45, 2.75) is 25.8 Å². The predicted molar refractivity (Wildman–Crippen MR) is 127 cm³/mol. The van der Waals surface area contributed by atoms with Crippen LogP contribution >= 0.6 is 11.6 Å². The first-order valence-electron chi connectivity index (χ1n) is 10.1. The Morgan fingerprint density at radius 1 is 1.16 bits per heavy atom. The highest BCUT2D eigenvalue weighted by Crippen LogP contribution is 2.26. The van der Waals surface area contributed by atoms with E-state index in [1.165, 1.54) is 6.07 Å². The SMILES string of the molecule is CCC(C(=O)Nc1ccccc1C(=O)NCCCOC)N(c1cccc(Cl)c1)S(C)(=O)=O. The molecule has 0 heterocycles. The number of nitrogens with zero attached hydrogens (tertiary/aromatic N) is 1. The van der Waals surface area contributed by atoms with Crippen LogP contribution in [0.5, 0.6) is 0 Å². The van der Waals surface area contributed by atoms with Crippen molar-refractivity contribution in [3.05, 3.63) is 59.1 Å². The minimum atomic E-state index is -3.80. The molecule has 0 aliphatic rings. The monoisotopic (exact) mass is 481 g/mol. The number of ether oxygens (including phenoxy) is 1. The van der Waals surface area contributed by atoms with Gasteiger partial charge >= 0.3 is 0 Å². The average Bonchev–Trinajstić information content (AvgIpc) is 2.74. The van der Waals surface area contributed by atoms with Crippen molar-refractivity contribution < 1.29 is 22.7 Å². The quantitative estimate of drug-likeness (QED) is 0.479. The van der Waals surface area contributed by atoms with Gasteiger partial charge in [-0.05, 0) is 43.2 Å². The lowest BCUT2D eigenvalue weighted by Crippen LogP contribution is -2.47. The Hall–Kier alpha value is -2.62. The molecule has 10 heteroatoms. The fourth-order valence-electron chi connectivity index (χ4n) is 3.19. The third-order valence-electron chi connectivity index (χ3n) is 4.63. The van der Waals surface area contributed by atoms with Gasteiger partial charge in [-0.25, -0.2) is 8.42 Å². The molecule has 0 aliphatic carbocycles. The lowest BCUT2D eigenvalue weighted by molar-refractivity contribution is -0.117. The van der Waals surface area contributed by atoms with Crippen LogP contribution < -0.4 is 14.9 Å². The molecule has 0 fully saturated rings. The van der Waals surface area contributed by atoms with E-state index in [0.717, 1.165) is 10.6 Å². The number of hydrogen-bond acceptors (Lipinski definition) is 5. The third-order valence-corrected chi connectivity index (χ3v) is 6.05. The topological polar surface area (TPSA) is 105 Å². The second-order valence-corrected chi connectivity index (χ2v) is 9.40. The molecule has 2 aromatic carbocycles. The van der Waals surface area contributed by atoms with Crippen LogP contribution in [0.3, 0.4) is 0 Å². The molecule has 8 nitrogen and oxygen atoms in total. The van der Waals surface area contributed by atoms with Crippen LogP contribution in [-0.4, -0.2) is 52.8 Å². The lowest BCUT2D eigenvalue weighted by Gasteiger charge is -2.30. The fraction of sp³-hybridized carbons (Fsp3) is 0.364. The molecule has 0 saturated carbocycles. The Balaban J connectivity index is 2.29. The van der Waals surface area contributed by atoms with Gasteiger partial charge in [0.1, 0.15) is 6.04 Å². The predicted octanol–water partition coefficient (Wildman–Crippen LogP) is 3.29. The molecular formula is C22H28ClN3O5S. The van der Waals surface area contributed by atoms with Gasteiger partial charge in [0.05, 0.1) is 23.2 Å². The maximum absolute atomic E-state index is 13.2. The summed E-state index contributed by atoms with van der Waals surface area (Å²) in [5, 5.41) is 5.84. The number of sulfonamides is 1. The van der Waals surface area contributed by atoms with E-state index in [-0.39, 0.29) is 23.6 Å². The van der Waals surface area contributed by atoms with E-state index in [0.29, 0.717) is 30.3 Å². The number of nitrogens with one attached hydrogen (secondary N) is 2. The van der Waals surface area contributed by atoms with Crippen LogP contribution in [0.2, 0.25) is 5.02 Å². The summed E-state index contributed by atoms with van der Waals surface area (Å²) in [4.78, 5) is 25.7. The van der Waals surface area contributed by atoms with Gasteiger partial charge in [0.15, 0.2) is 0 Å². The molecule has 2 aromatic rings. The highest BCUT2D eigenvalue weighted by Gasteiger charge is 2.32. The van der Waals surface area contributed by atoms with Crippen LogP contribution in [0.15, 0.2) is 48.5 Å². The number of benzene rings is 2. The number of halogens is 1. The van der Waals surface area contributed by atoms with Crippen LogP contribution in [0.1, 0.15) is 30.1 Å².